The van der Waals surface area contributed by atoms with E-state index in [4.69, 9.17) is 0 Å². The number of alkyl halides is 6. The van der Waals surface area contributed by atoms with Gasteiger partial charge in [-0.3, -0.25) is 4.79 Å². The Balaban J connectivity index is 2.65. The monoisotopic (exact) mass is 308 g/mol. The van der Waals surface area contributed by atoms with E-state index in [1.165, 1.54) is 0 Å². The molecule has 0 aromatic heterocycles. The van der Waals surface area contributed by atoms with Gasteiger partial charge in [0.1, 0.15) is 6.04 Å². The summed E-state index contributed by atoms with van der Waals surface area (Å²) in [5.41, 5.74) is 0. The molecule has 1 unspecified atom stereocenters. The largest absolute Gasteiger partial charge is 0.440 e. The van der Waals surface area contributed by atoms with E-state index in [9.17, 15) is 35.9 Å². The molecule has 2 amide bonds. The minimum absolute atomic E-state index is 0.0173. The molecule has 116 valence electrons. The van der Waals surface area contributed by atoms with Crippen LogP contribution in [0.1, 0.15) is 0 Å². The summed E-state index contributed by atoms with van der Waals surface area (Å²) >= 11 is 0. The van der Waals surface area contributed by atoms with Crippen molar-refractivity contribution in [3.63, 3.8) is 0 Å². The first-order valence-corrected chi connectivity index (χ1v) is 5.31. The van der Waals surface area contributed by atoms with E-state index in [-0.39, 0.29) is 13.0 Å². The van der Waals surface area contributed by atoms with Crippen molar-refractivity contribution in [2.24, 2.45) is 0 Å². The predicted molar refractivity (Wildman–Crippen MR) is 51.6 cm³/mol. The van der Waals surface area contributed by atoms with Crippen LogP contribution in [0.2, 0.25) is 0 Å². The maximum absolute atomic E-state index is 12.6. The highest BCUT2D eigenvalue weighted by atomic mass is 19.4. The Labute approximate surface area is 109 Å². The number of piperazine rings is 1. The van der Waals surface area contributed by atoms with Gasteiger partial charge in [0, 0.05) is 13.1 Å². The zero-order chi connectivity index (χ0) is 15.6. The van der Waals surface area contributed by atoms with Gasteiger partial charge in [-0.1, -0.05) is 0 Å². The van der Waals surface area contributed by atoms with Crippen LogP contribution < -0.4 is 0 Å². The highest BCUT2D eigenvalue weighted by molar-refractivity contribution is 5.68. The summed E-state index contributed by atoms with van der Waals surface area (Å²) in [6, 6.07) is -2.26. The average Bonchev–Trinajstić information content (AvgIpc) is 2.33. The van der Waals surface area contributed by atoms with Crippen LogP contribution in [0.25, 0.3) is 0 Å². The molecule has 1 atom stereocenters. The van der Waals surface area contributed by atoms with Crippen molar-refractivity contribution in [2.45, 2.75) is 18.4 Å². The lowest BCUT2D eigenvalue weighted by Crippen LogP contribution is -2.59. The lowest BCUT2D eigenvalue weighted by atomic mass is 10.2. The van der Waals surface area contributed by atoms with Crippen LogP contribution in [-0.4, -0.2) is 66.9 Å². The average molecular weight is 308 g/mol. The molecule has 0 bridgehead atoms. The minimum Gasteiger partial charge on any atom is -0.440 e. The number of halogens is 6. The molecule has 1 heterocycles. The van der Waals surface area contributed by atoms with Crippen molar-refractivity contribution in [3.8, 4) is 0 Å². The molecule has 0 radical (unpaired) electrons. The highest BCUT2D eigenvalue weighted by Crippen LogP contribution is 2.27. The second-order valence-corrected chi connectivity index (χ2v) is 4.02. The van der Waals surface area contributed by atoms with Crippen molar-refractivity contribution in [3.05, 3.63) is 0 Å². The van der Waals surface area contributed by atoms with Crippen LogP contribution in [0.5, 0.6) is 0 Å². The number of carbonyl (C=O) groups excluding carboxylic acids is 2. The maximum atomic E-state index is 12.6. The molecular formula is C9H10F6N2O3. The number of nitrogens with zero attached hydrogens (tertiary/aromatic N) is 2. The molecule has 0 aromatic rings. The van der Waals surface area contributed by atoms with E-state index in [0.29, 0.717) is 9.80 Å². The van der Waals surface area contributed by atoms with Gasteiger partial charge in [-0.15, -0.1) is 0 Å². The van der Waals surface area contributed by atoms with E-state index < -0.39 is 44.2 Å². The molecule has 0 aromatic carbocycles. The number of ether oxygens (including phenoxy) is 1. The second kappa shape index (κ2) is 5.75. The van der Waals surface area contributed by atoms with Crippen LogP contribution >= 0.6 is 0 Å². The minimum atomic E-state index is -4.79. The summed E-state index contributed by atoms with van der Waals surface area (Å²) < 4.78 is 77.3. The van der Waals surface area contributed by atoms with Crippen molar-refractivity contribution < 1.29 is 40.7 Å². The number of hydrogen-bond donors (Lipinski definition) is 0. The van der Waals surface area contributed by atoms with Crippen molar-refractivity contribution in [1.29, 1.82) is 0 Å². The third-order valence-corrected chi connectivity index (χ3v) is 2.55. The van der Waals surface area contributed by atoms with Crippen LogP contribution in [0.3, 0.4) is 0 Å². The molecular weight excluding hydrogens is 298 g/mol. The summed E-state index contributed by atoms with van der Waals surface area (Å²) in [7, 11) is 0. The van der Waals surface area contributed by atoms with Gasteiger partial charge in [0.15, 0.2) is 6.61 Å². The summed E-state index contributed by atoms with van der Waals surface area (Å²) in [6.07, 6.45) is -11.1. The van der Waals surface area contributed by atoms with Crippen molar-refractivity contribution in [1.82, 2.24) is 9.80 Å². The fourth-order valence-corrected chi connectivity index (χ4v) is 1.62. The first-order valence-electron chi connectivity index (χ1n) is 5.31. The Kier molecular flexibility index (Phi) is 4.71. The van der Waals surface area contributed by atoms with Crippen molar-refractivity contribution >= 4 is 12.5 Å². The topological polar surface area (TPSA) is 49.9 Å². The lowest BCUT2D eigenvalue weighted by molar-refractivity contribution is -0.196. The van der Waals surface area contributed by atoms with Gasteiger partial charge in [-0.05, 0) is 0 Å². The molecule has 1 saturated heterocycles. The van der Waals surface area contributed by atoms with E-state index >= 15 is 0 Å². The first kappa shape index (κ1) is 16.4. The molecule has 0 spiro atoms. The van der Waals surface area contributed by atoms with E-state index in [1.54, 1.807) is 0 Å². The summed E-state index contributed by atoms with van der Waals surface area (Å²) in [5.74, 6) is 0. The van der Waals surface area contributed by atoms with Gasteiger partial charge >= 0.3 is 18.4 Å². The Morgan fingerprint density at radius 1 is 1.20 bits per heavy atom. The van der Waals surface area contributed by atoms with Crippen LogP contribution in [0.4, 0.5) is 31.1 Å². The Morgan fingerprint density at radius 3 is 2.25 bits per heavy atom. The van der Waals surface area contributed by atoms with Crippen LogP contribution in [0, 0.1) is 0 Å². The Bertz CT molecular complexity index is 370. The first-order chi connectivity index (χ1) is 9.04. The maximum Gasteiger partial charge on any atom is 0.422 e. The van der Waals surface area contributed by atoms with Gasteiger partial charge in [0.2, 0.25) is 6.41 Å². The number of hydrogen-bond acceptors (Lipinski definition) is 3. The van der Waals surface area contributed by atoms with Gasteiger partial charge in [0.25, 0.3) is 0 Å². The van der Waals surface area contributed by atoms with Crippen molar-refractivity contribution in [2.75, 3.05) is 26.2 Å². The Hall–Kier alpha value is -1.68. The molecule has 1 aliphatic rings. The molecule has 1 rings (SSSR count). The number of amides is 2. The van der Waals surface area contributed by atoms with Gasteiger partial charge in [-0.25, -0.2) is 4.79 Å². The van der Waals surface area contributed by atoms with Crippen LogP contribution in [-0.2, 0) is 9.53 Å². The quantitative estimate of drug-likeness (QED) is 0.572. The third kappa shape index (κ3) is 4.46. The third-order valence-electron chi connectivity index (χ3n) is 2.55. The van der Waals surface area contributed by atoms with Gasteiger partial charge in [-0.2, -0.15) is 26.3 Å². The summed E-state index contributed by atoms with van der Waals surface area (Å²) in [4.78, 5) is 22.7. The van der Waals surface area contributed by atoms with Gasteiger partial charge < -0.3 is 14.5 Å². The smallest absolute Gasteiger partial charge is 0.422 e. The molecule has 1 aliphatic heterocycles. The normalized spacial score (nSPS) is 20.8. The highest BCUT2D eigenvalue weighted by Gasteiger charge is 2.47. The fraction of sp³-hybridized carbons (Fsp3) is 0.778. The Morgan fingerprint density at radius 2 is 1.80 bits per heavy atom. The van der Waals surface area contributed by atoms with E-state index in [2.05, 4.69) is 4.74 Å². The molecule has 0 aliphatic carbocycles. The number of carbonyl (C=O) groups is 2. The lowest BCUT2D eigenvalue weighted by Gasteiger charge is -2.39. The molecule has 1 fully saturated rings. The number of rotatable bonds is 2. The molecule has 5 nitrogen and oxygen atoms in total. The predicted octanol–water partition coefficient (Wildman–Crippen LogP) is 1.39. The standard InChI is InChI=1S/C9H10F6N2O3/c10-8(11,12)4-20-7(19)16-1-2-17(5-18)6(3-16)9(13,14)15/h5-6H,1-4H2. The zero-order valence-electron chi connectivity index (χ0n) is 9.87. The molecule has 20 heavy (non-hydrogen) atoms. The van der Waals surface area contributed by atoms with E-state index in [1.807, 2.05) is 0 Å². The van der Waals surface area contributed by atoms with E-state index in [0.717, 1.165) is 0 Å². The fourth-order valence-electron chi connectivity index (χ4n) is 1.62. The summed E-state index contributed by atoms with van der Waals surface area (Å²) in [6.45, 7) is -3.61. The molecule has 11 heteroatoms. The molecule has 0 N–H and O–H groups in total. The van der Waals surface area contributed by atoms with Gasteiger partial charge in [0.05, 0.1) is 6.54 Å². The second-order valence-electron chi connectivity index (χ2n) is 4.02. The summed E-state index contributed by atoms with van der Waals surface area (Å²) in [5, 5.41) is 0. The SMILES string of the molecule is O=CN1CCN(C(=O)OCC(F)(F)F)CC1C(F)(F)F. The zero-order valence-corrected chi connectivity index (χ0v) is 9.87. The molecule has 0 saturated carbocycles. The van der Waals surface area contributed by atoms with Crippen LogP contribution in [0.15, 0.2) is 0 Å².